The number of nitro groups is 1. The zero-order valence-electron chi connectivity index (χ0n) is 10.5. The van der Waals surface area contributed by atoms with E-state index in [-0.39, 0.29) is 36.4 Å². The fraction of sp³-hybridized carbons (Fsp3) is 0.200. The highest BCUT2D eigenvalue weighted by atomic mass is 16.6. The van der Waals surface area contributed by atoms with Crippen LogP contribution in [0.1, 0.15) is 0 Å². The van der Waals surface area contributed by atoms with E-state index >= 15 is 0 Å². The van der Waals surface area contributed by atoms with E-state index in [1.54, 1.807) is 0 Å². The molecule has 108 valence electrons. The molecular weight excluding hydrogens is 266 g/mol. The molecule has 10 heteroatoms. The first-order valence-electron chi connectivity index (χ1n) is 5.51. The smallest absolute Gasteiger partial charge is 0.271 e. The molecule has 0 aliphatic heterocycles. The number of nitrogens with two attached hydrogens (primary N) is 3. The van der Waals surface area contributed by atoms with Crippen molar-refractivity contribution >= 4 is 29.0 Å². The van der Waals surface area contributed by atoms with Gasteiger partial charge < -0.3 is 27.6 Å². The predicted molar refractivity (Wildman–Crippen MR) is 75.8 cm³/mol. The minimum absolute atomic E-state index is 0.108. The van der Waals surface area contributed by atoms with E-state index < -0.39 is 4.92 Å². The number of hydrogen-bond acceptors (Lipinski definition) is 5. The summed E-state index contributed by atoms with van der Waals surface area (Å²) in [4.78, 5) is 17.6. The predicted octanol–water partition coefficient (Wildman–Crippen LogP) is -0.781. The van der Waals surface area contributed by atoms with Crippen LogP contribution in [0.25, 0.3) is 0 Å². The van der Waals surface area contributed by atoms with Gasteiger partial charge in [0.05, 0.1) is 22.9 Å². The molecule has 0 heterocycles. The summed E-state index contributed by atoms with van der Waals surface area (Å²) in [5.74, 6) is -0.515. The first-order chi connectivity index (χ1) is 9.43. The number of hydrogen-bond donors (Lipinski definition) is 5. The molecular formula is C10H15N7O3. The van der Waals surface area contributed by atoms with E-state index in [1.807, 2.05) is 0 Å². The number of aliphatic imine (C=N–C) groups is 2. The summed E-state index contributed by atoms with van der Waals surface area (Å²) < 4.78 is 0. The number of nitro benzene ring substituents is 1. The maximum Gasteiger partial charge on any atom is 0.271 e. The Hall–Kier alpha value is -2.88. The van der Waals surface area contributed by atoms with E-state index in [0.29, 0.717) is 5.69 Å². The van der Waals surface area contributed by atoms with Gasteiger partial charge in [0.15, 0.2) is 5.96 Å². The van der Waals surface area contributed by atoms with Crippen LogP contribution < -0.4 is 22.5 Å². The number of non-ortho nitro benzene ring substituents is 1. The van der Waals surface area contributed by atoms with Crippen molar-refractivity contribution in [3.63, 3.8) is 0 Å². The third kappa shape index (κ3) is 4.42. The lowest BCUT2D eigenvalue weighted by Gasteiger charge is -2.08. The monoisotopic (exact) mass is 281 g/mol. The second kappa shape index (κ2) is 6.89. The van der Waals surface area contributed by atoms with Crippen LogP contribution in [0.15, 0.2) is 28.2 Å². The average Bonchev–Trinajstić information content (AvgIpc) is 2.35. The fourth-order valence-corrected chi connectivity index (χ4v) is 1.35. The summed E-state index contributed by atoms with van der Waals surface area (Å²) >= 11 is 0. The molecule has 0 spiro atoms. The molecule has 1 aromatic carbocycles. The van der Waals surface area contributed by atoms with Gasteiger partial charge in [0.2, 0.25) is 5.96 Å². The third-order valence-electron chi connectivity index (χ3n) is 2.10. The molecule has 0 saturated heterocycles. The van der Waals surface area contributed by atoms with E-state index in [9.17, 15) is 10.1 Å². The maximum atomic E-state index is 10.7. The molecule has 0 aliphatic carbocycles. The van der Waals surface area contributed by atoms with E-state index in [4.69, 9.17) is 22.3 Å². The molecule has 10 nitrogen and oxygen atoms in total. The Bertz CT molecular complexity index is 552. The number of aliphatic hydroxyl groups excluding tert-OH is 1. The quantitative estimate of drug-likeness (QED) is 0.203. The average molecular weight is 281 g/mol. The molecule has 1 rings (SSSR count). The molecule has 0 unspecified atom stereocenters. The third-order valence-corrected chi connectivity index (χ3v) is 2.10. The molecule has 20 heavy (non-hydrogen) atoms. The fourth-order valence-electron chi connectivity index (χ4n) is 1.35. The van der Waals surface area contributed by atoms with Crippen LogP contribution in [-0.2, 0) is 0 Å². The number of nitrogens with zero attached hydrogens (tertiary/aromatic N) is 3. The van der Waals surface area contributed by atoms with Gasteiger partial charge in [-0.15, -0.1) is 0 Å². The molecule has 0 aromatic heterocycles. The number of nitrogens with one attached hydrogen (secondary N) is 1. The maximum absolute atomic E-state index is 10.7. The number of anilines is 1. The Morgan fingerprint density at radius 1 is 1.40 bits per heavy atom. The highest BCUT2D eigenvalue weighted by molar-refractivity contribution is 5.94. The van der Waals surface area contributed by atoms with Gasteiger partial charge in [0, 0.05) is 18.7 Å². The number of rotatable bonds is 5. The summed E-state index contributed by atoms with van der Waals surface area (Å²) in [7, 11) is 0. The second-order valence-electron chi connectivity index (χ2n) is 3.62. The topological polar surface area (TPSA) is 178 Å². The van der Waals surface area contributed by atoms with Crippen molar-refractivity contribution < 1.29 is 10.0 Å². The Balaban J connectivity index is 3.20. The molecule has 0 radical (unpaired) electrons. The van der Waals surface area contributed by atoms with Crippen molar-refractivity contribution in [2.75, 3.05) is 18.5 Å². The first kappa shape index (κ1) is 15.2. The van der Waals surface area contributed by atoms with Crippen LogP contribution in [0.3, 0.4) is 0 Å². The molecule has 0 saturated carbocycles. The highest BCUT2D eigenvalue weighted by Crippen LogP contribution is 2.29. The summed E-state index contributed by atoms with van der Waals surface area (Å²) in [5, 5.41) is 22.4. The Morgan fingerprint density at radius 3 is 2.65 bits per heavy atom. The van der Waals surface area contributed by atoms with Gasteiger partial charge in [0.1, 0.15) is 0 Å². The molecule has 1 aromatic rings. The van der Waals surface area contributed by atoms with Gasteiger partial charge in [-0.2, -0.15) is 4.99 Å². The summed E-state index contributed by atoms with van der Waals surface area (Å²) in [5.41, 5.74) is 16.3. The lowest BCUT2D eigenvalue weighted by molar-refractivity contribution is -0.384. The number of guanidine groups is 2. The van der Waals surface area contributed by atoms with Gasteiger partial charge in [-0.3, -0.25) is 10.1 Å². The van der Waals surface area contributed by atoms with Gasteiger partial charge >= 0.3 is 0 Å². The summed E-state index contributed by atoms with van der Waals surface area (Å²) in [6.07, 6.45) is 0. The van der Waals surface area contributed by atoms with Crippen LogP contribution in [0.4, 0.5) is 17.1 Å². The van der Waals surface area contributed by atoms with Crippen molar-refractivity contribution in [1.29, 1.82) is 0 Å². The standard InChI is InChI=1S/C10H15N7O3/c11-9(12)16-10(13)15-8-5-6(17(19)20)1-2-7(8)14-3-4-18/h1-2,5,14,18H,3-4H2,(H6,11,12,13,15,16). The number of benzene rings is 1. The summed E-state index contributed by atoms with van der Waals surface area (Å²) in [6.45, 7) is 0.145. The van der Waals surface area contributed by atoms with Gasteiger partial charge in [0.25, 0.3) is 5.69 Å². The molecule has 0 aliphatic rings. The van der Waals surface area contributed by atoms with Crippen molar-refractivity contribution in [1.82, 2.24) is 0 Å². The van der Waals surface area contributed by atoms with E-state index in [0.717, 1.165) is 0 Å². The molecule has 0 bridgehead atoms. The van der Waals surface area contributed by atoms with Crippen molar-refractivity contribution in [3.05, 3.63) is 28.3 Å². The van der Waals surface area contributed by atoms with E-state index in [2.05, 4.69) is 15.3 Å². The molecule has 0 fully saturated rings. The molecule has 8 N–H and O–H groups in total. The van der Waals surface area contributed by atoms with E-state index in [1.165, 1.54) is 18.2 Å². The SMILES string of the molecule is NC(N)=NC(N)=Nc1cc([N+](=O)[O-])ccc1NCCO. The van der Waals surface area contributed by atoms with Crippen molar-refractivity contribution in [2.45, 2.75) is 0 Å². The zero-order chi connectivity index (χ0) is 15.1. The van der Waals surface area contributed by atoms with Crippen LogP contribution in [0.2, 0.25) is 0 Å². The van der Waals surface area contributed by atoms with Gasteiger partial charge in [-0.1, -0.05) is 0 Å². The lowest BCUT2D eigenvalue weighted by atomic mass is 10.2. The van der Waals surface area contributed by atoms with Crippen LogP contribution in [0.5, 0.6) is 0 Å². The largest absolute Gasteiger partial charge is 0.395 e. The second-order valence-corrected chi connectivity index (χ2v) is 3.62. The normalized spacial score (nSPS) is 10.9. The lowest BCUT2D eigenvalue weighted by Crippen LogP contribution is -2.26. The van der Waals surface area contributed by atoms with Gasteiger partial charge in [-0.05, 0) is 6.07 Å². The molecule has 0 atom stereocenters. The first-order valence-corrected chi connectivity index (χ1v) is 5.51. The Morgan fingerprint density at radius 2 is 2.10 bits per heavy atom. The van der Waals surface area contributed by atoms with Crippen molar-refractivity contribution in [2.24, 2.45) is 27.2 Å². The minimum atomic E-state index is -0.564. The van der Waals surface area contributed by atoms with Crippen LogP contribution >= 0.6 is 0 Å². The summed E-state index contributed by atoms with van der Waals surface area (Å²) in [6, 6.07) is 3.97. The number of aliphatic hydroxyl groups is 1. The van der Waals surface area contributed by atoms with Crippen LogP contribution in [0, 0.1) is 10.1 Å². The Kier molecular flexibility index (Phi) is 5.23. The minimum Gasteiger partial charge on any atom is -0.395 e. The van der Waals surface area contributed by atoms with Crippen molar-refractivity contribution in [3.8, 4) is 0 Å². The molecule has 0 amide bonds. The van der Waals surface area contributed by atoms with Gasteiger partial charge in [-0.25, -0.2) is 4.99 Å². The zero-order valence-corrected chi connectivity index (χ0v) is 10.5. The Labute approximate surface area is 114 Å². The van der Waals surface area contributed by atoms with Crippen LogP contribution in [-0.4, -0.2) is 35.1 Å². The highest BCUT2D eigenvalue weighted by Gasteiger charge is 2.10.